The molecule has 4 rings (SSSR count). The van der Waals surface area contributed by atoms with Gasteiger partial charge in [0.15, 0.2) is 17.3 Å². The van der Waals surface area contributed by atoms with Gasteiger partial charge in [0, 0.05) is 25.2 Å². The molecule has 0 bridgehead atoms. The molecule has 1 saturated heterocycles. The molecule has 2 aromatic carbocycles. The van der Waals surface area contributed by atoms with Gasteiger partial charge >= 0.3 is 0 Å². The predicted octanol–water partition coefficient (Wildman–Crippen LogP) is 3.26. The highest BCUT2D eigenvalue weighted by molar-refractivity contribution is 5.67. The number of rotatable bonds is 4. The number of nitrogens with two attached hydrogens (primary N) is 1. The molecule has 2 atom stereocenters. The summed E-state index contributed by atoms with van der Waals surface area (Å²) < 4.78 is 39.0. The highest BCUT2D eigenvalue weighted by atomic mass is 19.1. The van der Waals surface area contributed by atoms with Crippen LogP contribution in [0.3, 0.4) is 0 Å². The third kappa shape index (κ3) is 4.08. The van der Waals surface area contributed by atoms with Gasteiger partial charge in [0.05, 0.1) is 11.4 Å². The second kappa shape index (κ2) is 7.60. The minimum Gasteiger partial charge on any atom is -0.486 e. The zero-order valence-electron chi connectivity index (χ0n) is 15.0. The van der Waals surface area contributed by atoms with Crippen molar-refractivity contribution in [2.75, 3.05) is 37.3 Å². The fraction of sp³-hybridized carbons (Fsp3) is 0.400. The molecular formula is C20H23F2N3O2. The van der Waals surface area contributed by atoms with Crippen LogP contribution in [0, 0.1) is 11.6 Å². The van der Waals surface area contributed by atoms with Crippen LogP contribution in [-0.4, -0.2) is 43.3 Å². The minimum absolute atomic E-state index is 0.0460. The molecule has 5 nitrogen and oxygen atoms in total. The number of para-hydroxylation sites is 2. The van der Waals surface area contributed by atoms with E-state index in [9.17, 15) is 8.78 Å². The third-order valence-corrected chi connectivity index (χ3v) is 4.99. The van der Waals surface area contributed by atoms with E-state index >= 15 is 0 Å². The van der Waals surface area contributed by atoms with E-state index in [1.54, 1.807) is 0 Å². The van der Waals surface area contributed by atoms with Gasteiger partial charge in [-0.2, -0.15) is 0 Å². The monoisotopic (exact) mass is 375 g/mol. The summed E-state index contributed by atoms with van der Waals surface area (Å²) in [6.07, 6.45) is 1.86. The van der Waals surface area contributed by atoms with E-state index in [1.807, 2.05) is 24.3 Å². The predicted molar refractivity (Wildman–Crippen MR) is 100 cm³/mol. The molecule has 2 heterocycles. The van der Waals surface area contributed by atoms with E-state index in [0.29, 0.717) is 12.3 Å². The Bertz CT molecular complexity index is 818. The Hall–Kier alpha value is -2.54. The average Bonchev–Trinajstić information content (AvgIpc) is 2.66. The molecule has 2 aliphatic rings. The molecule has 27 heavy (non-hydrogen) atoms. The number of nitrogens with one attached hydrogen (secondary N) is 1. The first-order chi connectivity index (χ1) is 13.1. The van der Waals surface area contributed by atoms with Gasteiger partial charge in [0.2, 0.25) is 0 Å². The smallest absolute Gasteiger partial charge is 0.161 e. The number of nitrogens with zero attached hydrogens (tertiary/aromatic N) is 1. The molecule has 0 saturated carbocycles. The Balaban J connectivity index is 1.36. The summed E-state index contributed by atoms with van der Waals surface area (Å²) in [5.74, 6) is 0.166. The van der Waals surface area contributed by atoms with E-state index in [0.717, 1.165) is 50.0 Å². The summed E-state index contributed by atoms with van der Waals surface area (Å²) in [5, 5.41) is 3.19. The number of likely N-dealkylation sites (tertiary alicyclic amines) is 1. The van der Waals surface area contributed by atoms with Crippen molar-refractivity contribution in [2.45, 2.75) is 25.0 Å². The van der Waals surface area contributed by atoms with Crippen LogP contribution in [-0.2, 0) is 0 Å². The number of nitrogen functional groups attached to an aromatic ring is 1. The first kappa shape index (κ1) is 17.9. The molecule has 2 aromatic rings. The zero-order valence-corrected chi connectivity index (χ0v) is 15.0. The van der Waals surface area contributed by atoms with Crippen LogP contribution in [0.4, 0.5) is 20.2 Å². The van der Waals surface area contributed by atoms with Crippen molar-refractivity contribution >= 4 is 11.4 Å². The minimum atomic E-state index is -0.739. The standard InChI is InChI=1S/C20H23F2N3O2/c21-13-8-16(22)20(23)17(9-13)24-14-4-3-7-25(10-14)11-15-12-26-18-5-1-2-6-19(18)27-15/h1-2,5-6,8-9,14-15,24H,3-4,7,10-12,23H2/t14-,15-/m0/s1. The number of halogens is 2. The van der Waals surface area contributed by atoms with E-state index in [-0.39, 0.29) is 17.8 Å². The average molecular weight is 375 g/mol. The van der Waals surface area contributed by atoms with Gasteiger partial charge in [-0.05, 0) is 37.6 Å². The van der Waals surface area contributed by atoms with Crippen molar-refractivity contribution < 1.29 is 18.3 Å². The maximum Gasteiger partial charge on any atom is 0.161 e. The number of piperidine rings is 1. The Morgan fingerprint density at radius 2 is 2.00 bits per heavy atom. The van der Waals surface area contributed by atoms with E-state index < -0.39 is 11.6 Å². The maximum atomic E-state index is 13.7. The lowest BCUT2D eigenvalue weighted by atomic mass is 10.0. The fourth-order valence-corrected chi connectivity index (χ4v) is 3.70. The summed E-state index contributed by atoms with van der Waals surface area (Å²) in [6, 6.07) is 9.76. The first-order valence-corrected chi connectivity index (χ1v) is 9.20. The van der Waals surface area contributed by atoms with Crippen LogP contribution < -0.4 is 20.5 Å². The second-order valence-corrected chi connectivity index (χ2v) is 7.09. The van der Waals surface area contributed by atoms with Crippen molar-refractivity contribution in [1.29, 1.82) is 0 Å². The lowest BCUT2D eigenvalue weighted by Crippen LogP contribution is -2.48. The van der Waals surface area contributed by atoms with Gasteiger partial charge in [-0.15, -0.1) is 0 Å². The summed E-state index contributed by atoms with van der Waals surface area (Å²) in [5.41, 5.74) is 6.01. The lowest BCUT2D eigenvalue weighted by molar-refractivity contribution is 0.0518. The van der Waals surface area contributed by atoms with Crippen LogP contribution in [0.15, 0.2) is 36.4 Å². The normalized spacial score (nSPS) is 22.4. The van der Waals surface area contributed by atoms with Gasteiger partial charge in [-0.3, -0.25) is 4.90 Å². The Morgan fingerprint density at radius 1 is 1.19 bits per heavy atom. The van der Waals surface area contributed by atoms with Gasteiger partial charge in [-0.1, -0.05) is 12.1 Å². The van der Waals surface area contributed by atoms with Crippen LogP contribution in [0.5, 0.6) is 11.5 Å². The Morgan fingerprint density at radius 3 is 2.85 bits per heavy atom. The SMILES string of the molecule is Nc1c(F)cc(F)cc1N[C@H]1CCCN(C[C@H]2COc3ccccc3O2)C1. The zero-order chi connectivity index (χ0) is 18.8. The van der Waals surface area contributed by atoms with Gasteiger partial charge in [0.25, 0.3) is 0 Å². The third-order valence-electron chi connectivity index (χ3n) is 4.99. The molecule has 0 radical (unpaired) electrons. The second-order valence-electron chi connectivity index (χ2n) is 7.09. The molecule has 0 unspecified atom stereocenters. The molecule has 7 heteroatoms. The molecular weight excluding hydrogens is 352 g/mol. The number of hydrogen-bond donors (Lipinski definition) is 2. The van der Waals surface area contributed by atoms with Crippen LogP contribution in [0.2, 0.25) is 0 Å². The number of fused-ring (bicyclic) bond motifs is 1. The molecule has 144 valence electrons. The molecule has 0 spiro atoms. The summed E-state index contributed by atoms with van der Waals surface area (Å²) in [7, 11) is 0. The molecule has 0 aliphatic carbocycles. The van der Waals surface area contributed by atoms with Gasteiger partial charge in [-0.25, -0.2) is 8.78 Å². The van der Waals surface area contributed by atoms with Crippen molar-refractivity contribution in [3.05, 3.63) is 48.0 Å². The number of anilines is 2. The van der Waals surface area contributed by atoms with E-state index in [4.69, 9.17) is 15.2 Å². The number of benzene rings is 2. The summed E-state index contributed by atoms with van der Waals surface area (Å²) in [6.45, 7) is 2.94. The first-order valence-electron chi connectivity index (χ1n) is 9.20. The quantitative estimate of drug-likeness (QED) is 0.804. The highest BCUT2D eigenvalue weighted by Crippen LogP contribution is 2.31. The molecule has 0 amide bonds. The molecule has 2 aliphatic heterocycles. The van der Waals surface area contributed by atoms with Crippen molar-refractivity contribution in [3.63, 3.8) is 0 Å². The Labute approximate surface area is 157 Å². The van der Waals surface area contributed by atoms with Crippen LogP contribution >= 0.6 is 0 Å². The van der Waals surface area contributed by atoms with Crippen LogP contribution in [0.25, 0.3) is 0 Å². The van der Waals surface area contributed by atoms with Crippen molar-refractivity contribution in [3.8, 4) is 11.5 Å². The van der Waals surface area contributed by atoms with Crippen molar-refractivity contribution in [1.82, 2.24) is 4.90 Å². The summed E-state index contributed by atoms with van der Waals surface area (Å²) >= 11 is 0. The van der Waals surface area contributed by atoms with E-state index in [1.165, 1.54) is 6.07 Å². The number of ether oxygens (including phenoxy) is 2. The van der Waals surface area contributed by atoms with Gasteiger partial charge in [0.1, 0.15) is 18.5 Å². The van der Waals surface area contributed by atoms with Gasteiger partial charge < -0.3 is 20.5 Å². The number of hydrogen-bond acceptors (Lipinski definition) is 5. The molecule has 3 N–H and O–H groups in total. The lowest BCUT2D eigenvalue weighted by Gasteiger charge is -2.37. The van der Waals surface area contributed by atoms with Crippen LogP contribution in [0.1, 0.15) is 12.8 Å². The molecule has 1 fully saturated rings. The Kier molecular flexibility index (Phi) is 5.03. The fourth-order valence-electron chi connectivity index (χ4n) is 3.70. The maximum absolute atomic E-state index is 13.7. The highest BCUT2D eigenvalue weighted by Gasteiger charge is 2.27. The largest absolute Gasteiger partial charge is 0.486 e. The topological polar surface area (TPSA) is 59.8 Å². The summed E-state index contributed by atoms with van der Waals surface area (Å²) in [4.78, 5) is 2.29. The van der Waals surface area contributed by atoms with Crippen molar-refractivity contribution in [2.24, 2.45) is 0 Å². The van der Waals surface area contributed by atoms with E-state index in [2.05, 4.69) is 10.2 Å². The molecule has 0 aromatic heterocycles.